The Kier molecular flexibility index (Phi) is 3.76. The van der Waals surface area contributed by atoms with Gasteiger partial charge in [-0.15, -0.1) is 0 Å². The monoisotopic (exact) mass is 334 g/mol. The molecule has 0 bridgehead atoms. The van der Waals surface area contributed by atoms with E-state index in [0.29, 0.717) is 30.3 Å². The number of hydrogen-bond acceptors (Lipinski definition) is 4. The molecule has 0 fully saturated rings. The number of rotatable bonds is 3. The molecular weight excluding hydrogens is 316 g/mol. The largest absolute Gasteiger partial charge is 0.494 e. The lowest BCUT2D eigenvalue weighted by Crippen LogP contribution is -2.20. The fraction of sp³-hybridized carbons (Fsp3) is 0.200. The molecule has 0 saturated carbocycles. The molecule has 0 aliphatic carbocycles. The molecule has 25 heavy (non-hydrogen) atoms. The van der Waals surface area contributed by atoms with E-state index in [9.17, 15) is 4.79 Å². The van der Waals surface area contributed by atoms with E-state index in [-0.39, 0.29) is 5.56 Å². The molecule has 0 atom stereocenters. The molecule has 0 radical (unpaired) electrons. The maximum absolute atomic E-state index is 12.6. The predicted molar refractivity (Wildman–Crippen MR) is 95.5 cm³/mol. The van der Waals surface area contributed by atoms with Gasteiger partial charge in [-0.2, -0.15) is 4.98 Å². The second kappa shape index (κ2) is 6.09. The second-order valence-corrected chi connectivity index (χ2v) is 6.05. The van der Waals surface area contributed by atoms with Gasteiger partial charge >= 0.3 is 0 Å². The summed E-state index contributed by atoms with van der Waals surface area (Å²) in [6.45, 7) is 4.53. The molecule has 0 unspecified atom stereocenters. The van der Waals surface area contributed by atoms with Gasteiger partial charge in [0.1, 0.15) is 17.3 Å². The molecule has 5 nitrogen and oxygen atoms in total. The maximum atomic E-state index is 12.6. The van der Waals surface area contributed by atoms with E-state index in [1.165, 1.54) is 0 Å². The van der Waals surface area contributed by atoms with Gasteiger partial charge in [0.25, 0.3) is 5.56 Å². The Bertz CT molecular complexity index is 1010. The van der Waals surface area contributed by atoms with E-state index in [1.54, 1.807) is 0 Å². The van der Waals surface area contributed by atoms with Crippen molar-refractivity contribution in [1.82, 2.24) is 9.97 Å². The van der Waals surface area contributed by atoms with E-state index in [4.69, 9.17) is 9.47 Å². The average molecular weight is 334 g/mol. The van der Waals surface area contributed by atoms with Crippen LogP contribution in [0.5, 0.6) is 17.4 Å². The van der Waals surface area contributed by atoms with Gasteiger partial charge in [0.05, 0.1) is 12.2 Å². The summed E-state index contributed by atoms with van der Waals surface area (Å²) in [5.74, 6) is 2.34. The molecule has 1 aliphatic heterocycles. The summed E-state index contributed by atoms with van der Waals surface area (Å²) < 4.78 is 11.4. The molecule has 0 saturated heterocycles. The zero-order valence-electron chi connectivity index (χ0n) is 14.1. The third-order valence-electron chi connectivity index (χ3n) is 4.19. The summed E-state index contributed by atoms with van der Waals surface area (Å²) in [7, 11) is 0. The Hall–Kier alpha value is -3.08. The average Bonchev–Trinajstić information content (AvgIpc) is 2.61. The van der Waals surface area contributed by atoms with E-state index in [2.05, 4.69) is 9.97 Å². The lowest BCUT2D eigenvalue weighted by atomic mass is 10.0. The molecule has 1 aliphatic rings. The van der Waals surface area contributed by atoms with Gasteiger partial charge in [0.2, 0.25) is 5.88 Å². The van der Waals surface area contributed by atoms with Gasteiger partial charge in [-0.05, 0) is 37.6 Å². The molecule has 0 amide bonds. The number of fused-ring (bicyclic) bond motifs is 2. The van der Waals surface area contributed by atoms with Crippen molar-refractivity contribution in [3.8, 4) is 28.8 Å². The molecule has 3 aromatic rings. The summed E-state index contributed by atoms with van der Waals surface area (Å²) in [5, 5.41) is 0. The van der Waals surface area contributed by atoms with Crippen LogP contribution in [-0.2, 0) is 6.42 Å². The number of aromatic amines is 1. The molecule has 1 N–H and O–H groups in total. The highest BCUT2D eigenvalue weighted by molar-refractivity contribution is 5.59. The van der Waals surface area contributed by atoms with Crippen LogP contribution in [-0.4, -0.2) is 16.6 Å². The van der Waals surface area contributed by atoms with Crippen LogP contribution in [0.15, 0.2) is 47.3 Å². The zero-order chi connectivity index (χ0) is 17.4. The number of nitrogens with one attached hydrogen (secondary N) is 1. The van der Waals surface area contributed by atoms with Gasteiger partial charge < -0.3 is 14.5 Å². The van der Waals surface area contributed by atoms with Crippen LogP contribution in [0.2, 0.25) is 0 Å². The summed E-state index contributed by atoms with van der Waals surface area (Å²) >= 11 is 0. The third-order valence-corrected chi connectivity index (χ3v) is 4.19. The summed E-state index contributed by atoms with van der Waals surface area (Å²) in [6.07, 6.45) is 0.522. The molecule has 4 rings (SSSR count). The van der Waals surface area contributed by atoms with E-state index in [0.717, 1.165) is 28.2 Å². The Morgan fingerprint density at radius 1 is 1.24 bits per heavy atom. The predicted octanol–water partition coefficient (Wildman–Crippen LogP) is 3.84. The first kappa shape index (κ1) is 15.4. The fourth-order valence-corrected chi connectivity index (χ4v) is 2.99. The van der Waals surface area contributed by atoms with Gasteiger partial charge in [-0.1, -0.05) is 29.8 Å². The molecule has 1 aromatic heterocycles. The minimum Gasteiger partial charge on any atom is -0.494 e. The van der Waals surface area contributed by atoms with Crippen LogP contribution < -0.4 is 15.0 Å². The van der Waals surface area contributed by atoms with Gasteiger partial charge in [0.15, 0.2) is 0 Å². The standard InChI is InChI=1S/C20H18N2O3/c1-3-24-15-6-4-5-13(10-15)18-21-19(23)16-11-14-9-12(2)7-8-17(14)25-20(16)22-18/h4-10H,3,11H2,1-2H3,(H,21,22,23). The number of benzene rings is 2. The Balaban J connectivity index is 1.76. The maximum Gasteiger partial charge on any atom is 0.258 e. The summed E-state index contributed by atoms with van der Waals surface area (Å²) in [5.41, 5.74) is 3.31. The molecule has 126 valence electrons. The van der Waals surface area contributed by atoms with Crippen LogP contribution in [0.25, 0.3) is 11.4 Å². The smallest absolute Gasteiger partial charge is 0.258 e. The third kappa shape index (κ3) is 2.89. The number of ether oxygens (including phenoxy) is 2. The normalized spacial score (nSPS) is 12.1. The van der Waals surface area contributed by atoms with E-state index in [1.807, 2.05) is 56.3 Å². The van der Waals surface area contributed by atoms with Crippen LogP contribution in [0.1, 0.15) is 23.6 Å². The first-order valence-corrected chi connectivity index (χ1v) is 8.28. The number of hydrogen-bond donors (Lipinski definition) is 1. The van der Waals surface area contributed by atoms with Crippen LogP contribution in [0.4, 0.5) is 0 Å². The highest BCUT2D eigenvalue weighted by atomic mass is 16.5. The van der Waals surface area contributed by atoms with E-state index >= 15 is 0 Å². The molecular formula is C20H18N2O3. The molecule has 2 aromatic carbocycles. The SMILES string of the molecule is CCOc1cccc(-c2nc3c(c(=O)[nH]2)Cc2cc(C)ccc2O3)c1. The Morgan fingerprint density at radius 3 is 2.96 bits per heavy atom. The number of aryl methyl sites for hydroxylation is 1. The summed E-state index contributed by atoms with van der Waals surface area (Å²) in [6, 6.07) is 13.4. The van der Waals surface area contributed by atoms with Gasteiger partial charge in [0, 0.05) is 12.0 Å². The van der Waals surface area contributed by atoms with E-state index < -0.39 is 0 Å². The van der Waals surface area contributed by atoms with Crippen molar-refractivity contribution in [2.45, 2.75) is 20.3 Å². The Labute approximate surface area is 145 Å². The van der Waals surface area contributed by atoms with Gasteiger partial charge in [-0.3, -0.25) is 4.79 Å². The van der Waals surface area contributed by atoms with Crippen molar-refractivity contribution in [3.63, 3.8) is 0 Å². The highest BCUT2D eigenvalue weighted by Crippen LogP contribution is 2.34. The van der Waals surface area contributed by atoms with Crippen molar-refractivity contribution in [1.29, 1.82) is 0 Å². The second-order valence-electron chi connectivity index (χ2n) is 6.05. The van der Waals surface area contributed by atoms with Crippen molar-refractivity contribution >= 4 is 0 Å². The van der Waals surface area contributed by atoms with Gasteiger partial charge in [-0.25, -0.2) is 0 Å². The van der Waals surface area contributed by atoms with Crippen LogP contribution >= 0.6 is 0 Å². The number of aromatic nitrogens is 2. The van der Waals surface area contributed by atoms with Crippen LogP contribution in [0.3, 0.4) is 0 Å². The van der Waals surface area contributed by atoms with Crippen molar-refractivity contribution < 1.29 is 9.47 Å². The van der Waals surface area contributed by atoms with Crippen LogP contribution in [0, 0.1) is 6.92 Å². The number of H-pyrrole nitrogens is 1. The first-order chi connectivity index (χ1) is 12.1. The van der Waals surface area contributed by atoms with Crippen molar-refractivity contribution in [3.05, 3.63) is 69.5 Å². The minimum absolute atomic E-state index is 0.172. The lowest BCUT2D eigenvalue weighted by Gasteiger charge is -2.19. The molecule has 2 heterocycles. The van der Waals surface area contributed by atoms with Crippen molar-refractivity contribution in [2.24, 2.45) is 0 Å². The molecule has 5 heteroatoms. The lowest BCUT2D eigenvalue weighted by molar-refractivity contribution is 0.340. The zero-order valence-corrected chi connectivity index (χ0v) is 14.1. The summed E-state index contributed by atoms with van der Waals surface area (Å²) in [4.78, 5) is 20.0. The van der Waals surface area contributed by atoms with Crippen molar-refractivity contribution in [2.75, 3.05) is 6.61 Å². The Morgan fingerprint density at radius 2 is 2.12 bits per heavy atom. The number of nitrogens with zero attached hydrogens (tertiary/aromatic N) is 1. The first-order valence-electron chi connectivity index (χ1n) is 8.28. The quantitative estimate of drug-likeness (QED) is 0.618. The fourth-order valence-electron chi connectivity index (χ4n) is 2.99. The highest BCUT2D eigenvalue weighted by Gasteiger charge is 2.22. The molecule has 0 spiro atoms. The minimum atomic E-state index is -0.172. The topological polar surface area (TPSA) is 64.2 Å².